The fraction of sp³-hybridized carbons (Fsp3) is 0.444. The first-order chi connectivity index (χ1) is 5.95. The van der Waals surface area contributed by atoms with Gasteiger partial charge in [-0.15, -0.1) is 0 Å². The van der Waals surface area contributed by atoms with Gasteiger partial charge in [-0.25, -0.2) is 4.98 Å². The van der Waals surface area contributed by atoms with Crippen molar-refractivity contribution >= 4 is 6.08 Å². The molecule has 1 aliphatic rings. The number of oxazole rings is 1. The van der Waals surface area contributed by atoms with E-state index in [0.29, 0.717) is 0 Å². The van der Waals surface area contributed by atoms with Crippen LogP contribution in [0, 0.1) is 0 Å². The monoisotopic (exact) mass is 164 g/mol. The fourth-order valence-electron chi connectivity index (χ4n) is 1.37. The number of hydrogen-bond acceptors (Lipinski definition) is 3. The Balaban J connectivity index is 2.07. The molecule has 1 fully saturated rings. The first-order valence-corrected chi connectivity index (χ1v) is 4.25. The van der Waals surface area contributed by atoms with Crippen LogP contribution in [0.3, 0.4) is 0 Å². The average molecular weight is 164 g/mol. The highest BCUT2D eigenvalue weighted by atomic mass is 16.3. The molecular weight excluding hydrogens is 152 g/mol. The third kappa shape index (κ3) is 1.74. The molecule has 0 aliphatic carbocycles. The summed E-state index contributed by atoms with van der Waals surface area (Å²) in [6, 6.07) is 0. The summed E-state index contributed by atoms with van der Waals surface area (Å²) in [5.74, 6) is 0.729. The molecule has 0 atom stereocenters. The molecular formula is C9H12N2O. The Bertz CT molecular complexity index is 256. The highest BCUT2D eigenvalue weighted by molar-refractivity contribution is 5.43. The van der Waals surface area contributed by atoms with Gasteiger partial charge in [0.2, 0.25) is 5.89 Å². The summed E-state index contributed by atoms with van der Waals surface area (Å²) in [4.78, 5) is 4.05. The van der Waals surface area contributed by atoms with Crippen LogP contribution < -0.4 is 5.32 Å². The van der Waals surface area contributed by atoms with E-state index in [4.69, 9.17) is 4.42 Å². The highest BCUT2D eigenvalue weighted by Crippen LogP contribution is 2.13. The number of nitrogens with one attached hydrogen (secondary N) is 1. The van der Waals surface area contributed by atoms with Gasteiger partial charge in [-0.2, -0.15) is 0 Å². The molecule has 0 unspecified atom stereocenters. The predicted octanol–water partition coefficient (Wildman–Crippen LogP) is 1.44. The van der Waals surface area contributed by atoms with Crippen molar-refractivity contribution in [2.24, 2.45) is 0 Å². The predicted molar refractivity (Wildman–Crippen MR) is 46.6 cm³/mol. The molecule has 0 spiro atoms. The van der Waals surface area contributed by atoms with Crippen molar-refractivity contribution in [3.63, 3.8) is 0 Å². The molecule has 1 saturated heterocycles. The van der Waals surface area contributed by atoms with Crippen LogP contribution in [0.15, 0.2) is 22.5 Å². The van der Waals surface area contributed by atoms with E-state index in [1.807, 2.05) is 6.08 Å². The second kappa shape index (κ2) is 3.54. The fourth-order valence-corrected chi connectivity index (χ4v) is 1.37. The Kier molecular flexibility index (Phi) is 2.23. The molecule has 3 nitrogen and oxygen atoms in total. The molecule has 2 heterocycles. The number of rotatable bonds is 1. The third-order valence-corrected chi connectivity index (χ3v) is 2.02. The SMILES string of the molecule is C(=C1CCNCC1)c1ncco1. The second-order valence-electron chi connectivity index (χ2n) is 2.92. The molecule has 12 heavy (non-hydrogen) atoms. The van der Waals surface area contributed by atoms with Gasteiger partial charge in [0.15, 0.2) is 0 Å². The minimum absolute atomic E-state index is 0.729. The Morgan fingerprint density at radius 2 is 2.25 bits per heavy atom. The first kappa shape index (κ1) is 7.55. The van der Waals surface area contributed by atoms with Gasteiger partial charge in [0, 0.05) is 0 Å². The van der Waals surface area contributed by atoms with Crippen molar-refractivity contribution in [3.8, 4) is 0 Å². The van der Waals surface area contributed by atoms with Gasteiger partial charge in [-0.1, -0.05) is 5.57 Å². The van der Waals surface area contributed by atoms with Crippen LogP contribution in [0.2, 0.25) is 0 Å². The largest absolute Gasteiger partial charge is 0.445 e. The van der Waals surface area contributed by atoms with Gasteiger partial charge in [0.25, 0.3) is 0 Å². The van der Waals surface area contributed by atoms with E-state index in [-0.39, 0.29) is 0 Å². The molecule has 1 N–H and O–H groups in total. The van der Waals surface area contributed by atoms with Crippen molar-refractivity contribution < 1.29 is 4.42 Å². The summed E-state index contributed by atoms with van der Waals surface area (Å²) in [6.07, 6.45) is 7.55. The van der Waals surface area contributed by atoms with E-state index in [1.54, 1.807) is 12.5 Å². The van der Waals surface area contributed by atoms with Crippen LogP contribution in [0.4, 0.5) is 0 Å². The van der Waals surface area contributed by atoms with Crippen molar-refractivity contribution in [3.05, 3.63) is 23.9 Å². The molecule has 1 aliphatic heterocycles. The maximum atomic E-state index is 5.13. The lowest BCUT2D eigenvalue weighted by atomic mass is 10.1. The van der Waals surface area contributed by atoms with Crippen LogP contribution in [-0.2, 0) is 0 Å². The summed E-state index contributed by atoms with van der Waals surface area (Å²) < 4.78 is 5.13. The first-order valence-electron chi connectivity index (χ1n) is 4.25. The summed E-state index contributed by atoms with van der Waals surface area (Å²) in [7, 11) is 0. The summed E-state index contributed by atoms with van der Waals surface area (Å²) in [5, 5.41) is 3.30. The summed E-state index contributed by atoms with van der Waals surface area (Å²) >= 11 is 0. The van der Waals surface area contributed by atoms with Crippen LogP contribution in [0.5, 0.6) is 0 Å². The quantitative estimate of drug-likeness (QED) is 0.682. The topological polar surface area (TPSA) is 38.1 Å². The molecule has 0 radical (unpaired) electrons. The van der Waals surface area contributed by atoms with E-state index < -0.39 is 0 Å². The van der Waals surface area contributed by atoms with Crippen LogP contribution in [-0.4, -0.2) is 18.1 Å². The molecule has 1 aromatic rings. The van der Waals surface area contributed by atoms with E-state index in [1.165, 1.54) is 5.57 Å². The Labute approximate surface area is 71.5 Å². The lowest BCUT2D eigenvalue weighted by molar-refractivity contribution is 0.543. The van der Waals surface area contributed by atoms with Gasteiger partial charge in [-0.3, -0.25) is 0 Å². The third-order valence-electron chi connectivity index (χ3n) is 2.02. The molecule has 3 heteroatoms. The molecule has 64 valence electrons. The van der Waals surface area contributed by atoms with Gasteiger partial charge >= 0.3 is 0 Å². The van der Waals surface area contributed by atoms with E-state index in [0.717, 1.165) is 31.8 Å². The highest BCUT2D eigenvalue weighted by Gasteiger charge is 2.04. The van der Waals surface area contributed by atoms with Crippen molar-refractivity contribution in [1.29, 1.82) is 0 Å². The van der Waals surface area contributed by atoms with Crippen molar-refractivity contribution in [2.45, 2.75) is 12.8 Å². The normalized spacial score (nSPS) is 17.8. The lowest BCUT2D eigenvalue weighted by Crippen LogP contribution is -2.22. The Morgan fingerprint density at radius 1 is 1.42 bits per heavy atom. The van der Waals surface area contributed by atoms with Gasteiger partial charge in [-0.05, 0) is 32.0 Å². The van der Waals surface area contributed by atoms with Crippen LogP contribution in [0.1, 0.15) is 18.7 Å². The van der Waals surface area contributed by atoms with E-state index >= 15 is 0 Å². The van der Waals surface area contributed by atoms with Crippen LogP contribution >= 0.6 is 0 Å². The van der Waals surface area contributed by atoms with Gasteiger partial charge < -0.3 is 9.73 Å². The molecule has 0 amide bonds. The molecule has 1 aromatic heterocycles. The minimum atomic E-state index is 0.729. The zero-order valence-corrected chi connectivity index (χ0v) is 6.92. The standard InChI is InChI=1S/C9H12N2O/c1-3-10-4-2-8(1)7-9-11-5-6-12-9/h5-7,10H,1-4H2. The molecule has 0 aromatic carbocycles. The summed E-state index contributed by atoms with van der Waals surface area (Å²) in [5.41, 5.74) is 1.43. The zero-order chi connectivity index (χ0) is 8.23. The number of nitrogens with zero attached hydrogens (tertiary/aromatic N) is 1. The van der Waals surface area contributed by atoms with E-state index in [2.05, 4.69) is 10.3 Å². The minimum Gasteiger partial charge on any atom is -0.445 e. The number of piperidine rings is 1. The molecule has 2 rings (SSSR count). The molecule has 0 saturated carbocycles. The second-order valence-corrected chi connectivity index (χ2v) is 2.92. The Morgan fingerprint density at radius 3 is 2.92 bits per heavy atom. The van der Waals surface area contributed by atoms with E-state index in [9.17, 15) is 0 Å². The van der Waals surface area contributed by atoms with Crippen molar-refractivity contribution in [1.82, 2.24) is 10.3 Å². The lowest BCUT2D eigenvalue weighted by Gasteiger charge is -2.14. The maximum Gasteiger partial charge on any atom is 0.218 e. The maximum absolute atomic E-state index is 5.13. The van der Waals surface area contributed by atoms with Gasteiger partial charge in [0.1, 0.15) is 6.26 Å². The van der Waals surface area contributed by atoms with Gasteiger partial charge in [0.05, 0.1) is 6.20 Å². The van der Waals surface area contributed by atoms with Crippen LogP contribution in [0.25, 0.3) is 6.08 Å². The van der Waals surface area contributed by atoms with Crippen molar-refractivity contribution in [2.75, 3.05) is 13.1 Å². The summed E-state index contributed by atoms with van der Waals surface area (Å²) in [6.45, 7) is 2.15. The zero-order valence-electron chi connectivity index (χ0n) is 6.92. The number of hydrogen-bond donors (Lipinski definition) is 1. The number of aromatic nitrogens is 1. The Hall–Kier alpha value is -1.09. The smallest absolute Gasteiger partial charge is 0.218 e. The average Bonchev–Trinajstić information content (AvgIpc) is 2.59. The molecule has 0 bridgehead atoms.